The molecule has 0 aliphatic rings. The van der Waals surface area contributed by atoms with E-state index >= 15 is 0 Å². The summed E-state index contributed by atoms with van der Waals surface area (Å²) in [4.78, 5) is 8.88. The molecule has 0 atom stereocenters. The molecule has 0 amide bonds. The minimum Gasteiger partial charge on any atom is -0.497 e. The summed E-state index contributed by atoms with van der Waals surface area (Å²) in [5.74, 6) is 0.842. The quantitative estimate of drug-likeness (QED) is 0.671. The molecule has 0 radical (unpaired) electrons. The fourth-order valence-electron chi connectivity index (χ4n) is 1.74. The van der Waals surface area contributed by atoms with E-state index in [1.807, 2.05) is 54.7 Å². The summed E-state index contributed by atoms with van der Waals surface area (Å²) in [7, 11) is 1.66. The first-order valence-corrected chi connectivity index (χ1v) is 6.70. The zero-order chi connectivity index (χ0) is 13.1. The molecule has 0 N–H and O–H groups in total. The van der Waals surface area contributed by atoms with Gasteiger partial charge in [-0.05, 0) is 23.8 Å². The lowest BCUT2D eigenvalue weighted by atomic mass is 10.2. The van der Waals surface area contributed by atoms with Crippen molar-refractivity contribution in [2.75, 3.05) is 7.11 Å². The number of fused-ring (bicyclic) bond motifs is 1. The van der Waals surface area contributed by atoms with Crippen molar-refractivity contribution in [2.24, 2.45) is 4.99 Å². The van der Waals surface area contributed by atoms with Gasteiger partial charge in [-0.2, -0.15) is 0 Å². The summed E-state index contributed by atoms with van der Waals surface area (Å²) in [6.45, 7) is 0. The molecule has 94 valence electrons. The molecule has 2 aromatic carbocycles. The second kappa shape index (κ2) is 5.20. The number of ether oxygens (including phenoxy) is 1. The molecular formula is C15H12N2OS. The smallest absolute Gasteiger partial charge is 0.210 e. The molecule has 0 aliphatic carbocycles. The third-order valence-electron chi connectivity index (χ3n) is 2.71. The van der Waals surface area contributed by atoms with Crippen molar-refractivity contribution in [1.29, 1.82) is 0 Å². The Balaban J connectivity index is 1.91. The normalized spacial score (nSPS) is 11.2. The van der Waals surface area contributed by atoms with Gasteiger partial charge in [-0.3, -0.25) is 0 Å². The topological polar surface area (TPSA) is 34.5 Å². The van der Waals surface area contributed by atoms with E-state index in [9.17, 15) is 0 Å². The molecule has 0 saturated heterocycles. The number of methoxy groups -OCH3 is 1. The maximum absolute atomic E-state index is 5.20. The second-order valence-electron chi connectivity index (χ2n) is 4.00. The van der Waals surface area contributed by atoms with Crippen molar-refractivity contribution in [3.05, 3.63) is 54.1 Å². The number of hydrogen-bond acceptors (Lipinski definition) is 4. The van der Waals surface area contributed by atoms with Crippen LogP contribution in [0.1, 0.15) is 5.56 Å². The van der Waals surface area contributed by atoms with Crippen molar-refractivity contribution < 1.29 is 4.74 Å². The first-order valence-electron chi connectivity index (χ1n) is 5.89. The number of aliphatic imine (C=N–C) groups is 1. The van der Waals surface area contributed by atoms with Gasteiger partial charge in [-0.15, -0.1) is 0 Å². The van der Waals surface area contributed by atoms with Crippen LogP contribution in [-0.2, 0) is 0 Å². The molecular weight excluding hydrogens is 256 g/mol. The molecule has 1 aromatic heterocycles. The highest BCUT2D eigenvalue weighted by Gasteiger charge is 2.03. The molecule has 0 saturated carbocycles. The van der Waals surface area contributed by atoms with Gasteiger partial charge in [-0.1, -0.05) is 41.7 Å². The Bertz CT molecular complexity index is 719. The van der Waals surface area contributed by atoms with Crippen LogP contribution in [0.3, 0.4) is 0 Å². The van der Waals surface area contributed by atoms with Crippen LogP contribution in [0.5, 0.6) is 5.75 Å². The molecule has 3 nitrogen and oxygen atoms in total. The highest BCUT2D eigenvalue weighted by atomic mass is 32.1. The molecule has 1 heterocycles. The molecule has 0 bridgehead atoms. The highest BCUT2D eigenvalue weighted by molar-refractivity contribution is 7.22. The van der Waals surface area contributed by atoms with E-state index in [4.69, 9.17) is 4.74 Å². The second-order valence-corrected chi connectivity index (χ2v) is 5.01. The number of nitrogens with zero attached hydrogens (tertiary/aromatic N) is 2. The highest BCUT2D eigenvalue weighted by Crippen LogP contribution is 2.30. The molecule has 19 heavy (non-hydrogen) atoms. The van der Waals surface area contributed by atoms with Crippen molar-refractivity contribution in [2.45, 2.75) is 0 Å². The zero-order valence-electron chi connectivity index (χ0n) is 10.4. The summed E-state index contributed by atoms with van der Waals surface area (Å²) in [5.41, 5.74) is 2.02. The Labute approximate surface area is 115 Å². The predicted molar refractivity (Wildman–Crippen MR) is 79.9 cm³/mol. The minimum absolute atomic E-state index is 0.757. The summed E-state index contributed by atoms with van der Waals surface area (Å²) >= 11 is 1.56. The third kappa shape index (κ3) is 2.63. The van der Waals surface area contributed by atoms with Crippen molar-refractivity contribution in [3.63, 3.8) is 0 Å². The summed E-state index contributed by atoms with van der Waals surface area (Å²) in [6.07, 6.45) is 1.83. The van der Waals surface area contributed by atoms with Gasteiger partial charge in [0.05, 0.1) is 17.3 Å². The Hall–Kier alpha value is -2.20. The average Bonchev–Trinajstić information content (AvgIpc) is 2.88. The number of thiazole rings is 1. The van der Waals surface area contributed by atoms with E-state index in [0.717, 1.165) is 26.7 Å². The fraction of sp³-hybridized carbons (Fsp3) is 0.0667. The molecule has 0 spiro atoms. The lowest BCUT2D eigenvalue weighted by Gasteiger charge is -1.96. The zero-order valence-corrected chi connectivity index (χ0v) is 11.2. The molecule has 0 aliphatic heterocycles. The predicted octanol–water partition coefficient (Wildman–Crippen LogP) is 4.06. The maximum Gasteiger partial charge on any atom is 0.210 e. The monoisotopic (exact) mass is 268 g/mol. The van der Waals surface area contributed by atoms with E-state index in [1.165, 1.54) is 0 Å². The number of hydrogen-bond donors (Lipinski definition) is 0. The van der Waals surface area contributed by atoms with Gasteiger partial charge >= 0.3 is 0 Å². The van der Waals surface area contributed by atoms with Crippen LogP contribution in [0.25, 0.3) is 10.2 Å². The van der Waals surface area contributed by atoms with Crippen LogP contribution in [0.15, 0.2) is 53.5 Å². The number of rotatable bonds is 3. The average molecular weight is 268 g/mol. The molecule has 0 fully saturated rings. The van der Waals surface area contributed by atoms with Crippen LogP contribution in [0, 0.1) is 0 Å². The largest absolute Gasteiger partial charge is 0.497 e. The van der Waals surface area contributed by atoms with Crippen molar-refractivity contribution in [1.82, 2.24) is 4.98 Å². The van der Waals surface area contributed by atoms with Crippen LogP contribution in [0.2, 0.25) is 0 Å². The van der Waals surface area contributed by atoms with Crippen LogP contribution < -0.4 is 4.74 Å². The first kappa shape index (κ1) is 11.9. The lowest BCUT2D eigenvalue weighted by Crippen LogP contribution is -1.80. The standard InChI is InChI=1S/C15H12N2OS/c1-18-12-7-8-13-14(9-12)19-15(17-13)16-10-11-5-3-2-4-6-11/h2-10H,1H3/b16-10+. The molecule has 0 unspecified atom stereocenters. The summed E-state index contributed by atoms with van der Waals surface area (Å²) in [6, 6.07) is 15.8. The Morgan fingerprint density at radius 3 is 2.79 bits per heavy atom. The SMILES string of the molecule is COc1ccc2nc(/N=C/c3ccccc3)sc2c1. The van der Waals surface area contributed by atoms with Crippen molar-refractivity contribution >= 4 is 32.9 Å². The van der Waals surface area contributed by atoms with Gasteiger partial charge in [0, 0.05) is 6.21 Å². The van der Waals surface area contributed by atoms with Crippen LogP contribution >= 0.6 is 11.3 Å². The van der Waals surface area contributed by atoms with Crippen LogP contribution in [0.4, 0.5) is 5.13 Å². The van der Waals surface area contributed by atoms with E-state index in [2.05, 4.69) is 9.98 Å². The summed E-state index contributed by atoms with van der Waals surface area (Å²) in [5, 5.41) is 0.757. The van der Waals surface area contributed by atoms with Crippen LogP contribution in [-0.4, -0.2) is 18.3 Å². The molecule has 3 aromatic rings. The van der Waals surface area contributed by atoms with E-state index in [-0.39, 0.29) is 0 Å². The fourth-order valence-corrected chi connectivity index (χ4v) is 2.58. The van der Waals surface area contributed by atoms with Gasteiger partial charge < -0.3 is 4.74 Å². The van der Waals surface area contributed by atoms with Gasteiger partial charge in [0.1, 0.15) is 5.75 Å². The van der Waals surface area contributed by atoms with E-state index in [1.54, 1.807) is 18.4 Å². The van der Waals surface area contributed by atoms with E-state index in [0.29, 0.717) is 0 Å². The lowest BCUT2D eigenvalue weighted by molar-refractivity contribution is 0.415. The third-order valence-corrected chi connectivity index (χ3v) is 3.63. The Kier molecular flexibility index (Phi) is 3.25. The minimum atomic E-state index is 0.757. The Morgan fingerprint density at radius 2 is 2.00 bits per heavy atom. The number of benzene rings is 2. The van der Waals surface area contributed by atoms with Gasteiger partial charge in [-0.25, -0.2) is 9.98 Å². The van der Waals surface area contributed by atoms with Crippen molar-refractivity contribution in [3.8, 4) is 5.75 Å². The molecule has 3 rings (SSSR count). The van der Waals surface area contributed by atoms with E-state index < -0.39 is 0 Å². The summed E-state index contributed by atoms with van der Waals surface area (Å²) < 4.78 is 6.28. The maximum atomic E-state index is 5.20. The Morgan fingerprint density at radius 1 is 1.16 bits per heavy atom. The van der Waals surface area contributed by atoms with Gasteiger partial charge in [0.15, 0.2) is 0 Å². The number of aromatic nitrogens is 1. The first-order chi connectivity index (χ1) is 9.35. The molecule has 4 heteroatoms. The van der Waals surface area contributed by atoms with Gasteiger partial charge in [0.25, 0.3) is 0 Å². The van der Waals surface area contributed by atoms with Gasteiger partial charge in [0.2, 0.25) is 5.13 Å².